The molecule has 0 aliphatic heterocycles. The molecule has 0 saturated heterocycles. The Balaban J connectivity index is 0.000000324. The SMILES string of the molecule is CC1=[C-]C(C)C(C)=C1C.CC1=[C-]C(C)C(C)=C1C.[Mg+2]. The molecule has 100 valence electrons. The Kier molecular flexibility index (Phi) is 7.39. The Morgan fingerprint density at radius 1 is 0.632 bits per heavy atom. The third-order valence-corrected chi connectivity index (χ3v) is 4.47. The van der Waals surface area contributed by atoms with Gasteiger partial charge in [-0.05, 0) is 0 Å². The Morgan fingerprint density at radius 2 is 0.895 bits per heavy atom. The summed E-state index contributed by atoms with van der Waals surface area (Å²) in [5.74, 6) is 1.12. The van der Waals surface area contributed by atoms with Gasteiger partial charge in [0.2, 0.25) is 0 Å². The topological polar surface area (TPSA) is 0 Å². The van der Waals surface area contributed by atoms with Crippen molar-refractivity contribution in [2.75, 3.05) is 0 Å². The fourth-order valence-corrected chi connectivity index (χ4v) is 2.32. The van der Waals surface area contributed by atoms with Crippen LogP contribution in [0.2, 0.25) is 0 Å². The van der Waals surface area contributed by atoms with Crippen LogP contribution in [0.25, 0.3) is 0 Å². The molecule has 0 radical (unpaired) electrons. The standard InChI is InChI=1S/2C9H13.Mg/c2*1-6-5-7(2)9(4)8(6)3;/h2*6H,1-4H3;/q2*-1;+2. The smallest absolute Gasteiger partial charge is 0.266 e. The van der Waals surface area contributed by atoms with E-state index in [9.17, 15) is 0 Å². The van der Waals surface area contributed by atoms with Crippen molar-refractivity contribution in [2.45, 2.75) is 55.4 Å². The molecule has 2 aliphatic carbocycles. The first-order chi connectivity index (χ1) is 8.25. The van der Waals surface area contributed by atoms with Crippen LogP contribution in [-0.4, -0.2) is 23.1 Å². The first-order valence-electron chi connectivity index (χ1n) is 6.81. The summed E-state index contributed by atoms with van der Waals surface area (Å²) in [5, 5.41) is 0. The molecule has 0 N–H and O–H groups in total. The second-order valence-corrected chi connectivity index (χ2v) is 5.60. The van der Waals surface area contributed by atoms with Crippen LogP contribution in [0, 0.1) is 24.0 Å². The largest absolute Gasteiger partial charge is 2.00 e. The molecule has 0 heterocycles. The molecular weight excluding hydrogens is 241 g/mol. The van der Waals surface area contributed by atoms with Crippen LogP contribution in [0.4, 0.5) is 0 Å². The minimum absolute atomic E-state index is 0. The molecular formula is C18H26Mg. The molecule has 1 heteroatoms. The van der Waals surface area contributed by atoms with E-state index in [1.807, 2.05) is 0 Å². The van der Waals surface area contributed by atoms with Crippen LogP contribution in [0.5, 0.6) is 0 Å². The van der Waals surface area contributed by atoms with Gasteiger partial charge in [-0.25, -0.2) is 11.1 Å². The molecule has 0 spiro atoms. The van der Waals surface area contributed by atoms with Crippen molar-refractivity contribution in [1.29, 1.82) is 0 Å². The number of hydrogen-bond acceptors (Lipinski definition) is 0. The summed E-state index contributed by atoms with van der Waals surface area (Å²) < 4.78 is 0. The maximum Gasteiger partial charge on any atom is 2.00 e. The average Bonchev–Trinajstić information content (AvgIpc) is 2.66. The molecule has 0 saturated carbocycles. The molecule has 2 rings (SSSR count). The summed E-state index contributed by atoms with van der Waals surface area (Å²) in [5.41, 5.74) is 8.49. The summed E-state index contributed by atoms with van der Waals surface area (Å²) in [6.45, 7) is 17.3. The number of allylic oxidation sites excluding steroid dienone is 8. The van der Waals surface area contributed by atoms with Crippen LogP contribution >= 0.6 is 0 Å². The number of rotatable bonds is 0. The minimum Gasteiger partial charge on any atom is -0.266 e. The van der Waals surface area contributed by atoms with E-state index in [0.717, 1.165) is 0 Å². The molecule has 2 aliphatic rings. The predicted octanol–water partition coefficient (Wildman–Crippen LogP) is 5.06. The van der Waals surface area contributed by atoms with Crippen molar-refractivity contribution in [1.82, 2.24) is 0 Å². The molecule has 19 heavy (non-hydrogen) atoms. The van der Waals surface area contributed by atoms with E-state index >= 15 is 0 Å². The quantitative estimate of drug-likeness (QED) is 0.424. The van der Waals surface area contributed by atoms with E-state index in [4.69, 9.17) is 0 Å². The van der Waals surface area contributed by atoms with Crippen molar-refractivity contribution >= 4 is 23.1 Å². The minimum atomic E-state index is 0. The molecule has 0 aromatic rings. The first kappa shape index (κ1) is 18.7. The van der Waals surface area contributed by atoms with Gasteiger partial charge in [-0.2, -0.15) is 22.3 Å². The van der Waals surface area contributed by atoms with Crippen molar-refractivity contribution in [2.24, 2.45) is 11.8 Å². The van der Waals surface area contributed by atoms with Crippen molar-refractivity contribution in [3.05, 3.63) is 45.6 Å². The third-order valence-electron chi connectivity index (χ3n) is 4.47. The predicted molar refractivity (Wildman–Crippen MR) is 85.7 cm³/mol. The monoisotopic (exact) mass is 266 g/mol. The molecule has 0 nitrogen and oxygen atoms in total. The van der Waals surface area contributed by atoms with Gasteiger partial charge >= 0.3 is 23.1 Å². The van der Waals surface area contributed by atoms with Gasteiger partial charge in [0.25, 0.3) is 0 Å². The molecule has 0 bridgehead atoms. The van der Waals surface area contributed by atoms with E-state index in [0.29, 0.717) is 11.8 Å². The molecule has 0 aromatic heterocycles. The summed E-state index contributed by atoms with van der Waals surface area (Å²) in [4.78, 5) is 0. The fraction of sp³-hybridized carbons (Fsp3) is 0.556. The molecule has 0 fully saturated rings. The zero-order valence-corrected chi connectivity index (χ0v) is 15.3. The van der Waals surface area contributed by atoms with Gasteiger partial charge < -0.3 is 0 Å². The fourth-order valence-electron chi connectivity index (χ4n) is 2.32. The third kappa shape index (κ3) is 4.36. The van der Waals surface area contributed by atoms with Gasteiger partial charge in [0.05, 0.1) is 0 Å². The van der Waals surface area contributed by atoms with Gasteiger partial charge in [-0.3, -0.25) is 12.2 Å². The zero-order valence-electron chi connectivity index (χ0n) is 13.9. The first-order valence-corrected chi connectivity index (χ1v) is 6.81. The van der Waals surface area contributed by atoms with Crippen LogP contribution in [0.3, 0.4) is 0 Å². The Morgan fingerprint density at radius 3 is 0.947 bits per heavy atom. The molecule has 2 atom stereocenters. The van der Waals surface area contributed by atoms with Gasteiger partial charge in [0.1, 0.15) is 0 Å². The van der Waals surface area contributed by atoms with Gasteiger partial charge in [0.15, 0.2) is 0 Å². The Hall–Kier alpha value is -0.274. The van der Waals surface area contributed by atoms with Gasteiger partial charge in [0, 0.05) is 0 Å². The van der Waals surface area contributed by atoms with Gasteiger partial charge in [-0.1, -0.05) is 53.4 Å². The van der Waals surface area contributed by atoms with E-state index in [-0.39, 0.29) is 23.1 Å². The summed E-state index contributed by atoms with van der Waals surface area (Å²) >= 11 is 0. The maximum absolute atomic E-state index is 3.36. The summed E-state index contributed by atoms with van der Waals surface area (Å²) in [6, 6.07) is 0. The van der Waals surface area contributed by atoms with Crippen molar-refractivity contribution < 1.29 is 0 Å². The van der Waals surface area contributed by atoms with E-state index in [1.54, 1.807) is 0 Å². The van der Waals surface area contributed by atoms with Crippen LogP contribution in [-0.2, 0) is 0 Å². The van der Waals surface area contributed by atoms with Crippen LogP contribution in [0.15, 0.2) is 33.4 Å². The summed E-state index contributed by atoms with van der Waals surface area (Å²) in [7, 11) is 0. The van der Waals surface area contributed by atoms with Crippen LogP contribution < -0.4 is 0 Å². The van der Waals surface area contributed by atoms with E-state index < -0.39 is 0 Å². The Bertz CT molecular complexity index is 414. The van der Waals surface area contributed by atoms with Crippen molar-refractivity contribution in [3.63, 3.8) is 0 Å². The molecule has 0 amide bonds. The number of hydrogen-bond donors (Lipinski definition) is 0. The van der Waals surface area contributed by atoms with Gasteiger partial charge in [-0.15, -0.1) is 13.8 Å². The summed E-state index contributed by atoms with van der Waals surface area (Å²) in [6.07, 6.45) is 6.72. The zero-order chi connectivity index (χ0) is 14.0. The molecule has 0 aromatic carbocycles. The van der Waals surface area contributed by atoms with E-state index in [2.05, 4.69) is 67.5 Å². The second-order valence-electron chi connectivity index (χ2n) is 5.60. The van der Waals surface area contributed by atoms with Crippen LogP contribution in [0.1, 0.15) is 55.4 Å². The second kappa shape index (κ2) is 7.49. The Labute approximate surface area is 135 Å². The maximum atomic E-state index is 3.36. The average molecular weight is 267 g/mol. The normalized spacial score (nSPS) is 25.7. The molecule has 2 unspecified atom stereocenters. The van der Waals surface area contributed by atoms with Crippen molar-refractivity contribution in [3.8, 4) is 0 Å². The van der Waals surface area contributed by atoms with E-state index in [1.165, 1.54) is 33.4 Å².